The molecule has 0 amide bonds. The summed E-state index contributed by atoms with van der Waals surface area (Å²) in [6, 6.07) is 6.83. The van der Waals surface area contributed by atoms with Gasteiger partial charge in [0.15, 0.2) is 0 Å². The fraction of sp³-hybridized carbons (Fsp3) is 0.500. The Balaban J connectivity index is 1.99. The maximum absolute atomic E-state index is 11.6. The molecule has 90 valence electrons. The summed E-state index contributed by atoms with van der Waals surface area (Å²) < 4.78 is 0. The summed E-state index contributed by atoms with van der Waals surface area (Å²) in [6.45, 7) is 2.11. The summed E-state index contributed by atoms with van der Waals surface area (Å²) in [5.74, 6) is 0.424. The molecule has 2 nitrogen and oxygen atoms in total. The Morgan fingerprint density at radius 1 is 1.24 bits per heavy atom. The van der Waals surface area contributed by atoms with Crippen LogP contribution in [-0.4, -0.2) is 17.9 Å². The van der Waals surface area contributed by atoms with Crippen LogP contribution < -0.4 is 4.90 Å². The molecule has 0 aliphatic carbocycles. The number of aryl methyl sites for hydroxylation is 1. The molecule has 2 heterocycles. The van der Waals surface area contributed by atoms with Crippen molar-refractivity contribution >= 4 is 23.1 Å². The molecule has 1 aromatic carbocycles. The number of fused-ring (bicyclic) bond motifs is 2. The van der Waals surface area contributed by atoms with E-state index in [0.29, 0.717) is 30.7 Å². The number of Topliss-reactive ketones (excluding diaryl/α,β-unsaturated/α-hetero) is 1. The minimum absolute atomic E-state index is 0.401. The van der Waals surface area contributed by atoms with Gasteiger partial charge in [-0.1, -0.05) is 17.7 Å². The fourth-order valence-electron chi connectivity index (χ4n) is 3.22. The summed E-state index contributed by atoms with van der Waals surface area (Å²) >= 11 is 6.09. The van der Waals surface area contributed by atoms with Crippen LogP contribution in [0.2, 0.25) is 5.02 Å². The van der Waals surface area contributed by atoms with Crippen molar-refractivity contribution in [1.82, 2.24) is 0 Å². The molecule has 2 saturated heterocycles. The predicted octanol–water partition coefficient (Wildman–Crippen LogP) is 3.35. The van der Waals surface area contributed by atoms with Crippen molar-refractivity contribution in [3.05, 3.63) is 28.8 Å². The molecule has 2 aliphatic heterocycles. The average Bonchev–Trinajstić information content (AvgIpc) is 2.54. The summed E-state index contributed by atoms with van der Waals surface area (Å²) in [5.41, 5.74) is 2.47. The van der Waals surface area contributed by atoms with Gasteiger partial charge in [0.25, 0.3) is 0 Å². The Labute approximate surface area is 107 Å². The number of hydrogen-bond acceptors (Lipinski definition) is 2. The molecule has 17 heavy (non-hydrogen) atoms. The van der Waals surface area contributed by atoms with Gasteiger partial charge in [-0.3, -0.25) is 4.79 Å². The molecular weight excluding hydrogens is 234 g/mol. The fourth-order valence-corrected chi connectivity index (χ4v) is 3.39. The van der Waals surface area contributed by atoms with Crippen LogP contribution in [0.3, 0.4) is 0 Å². The summed E-state index contributed by atoms with van der Waals surface area (Å²) in [6.07, 6.45) is 3.70. The van der Waals surface area contributed by atoms with Crippen LogP contribution in [0.5, 0.6) is 0 Å². The van der Waals surface area contributed by atoms with Crippen LogP contribution in [0, 0.1) is 6.92 Å². The molecule has 2 atom stereocenters. The topological polar surface area (TPSA) is 20.3 Å². The molecule has 0 spiro atoms. The zero-order chi connectivity index (χ0) is 12.0. The van der Waals surface area contributed by atoms with Gasteiger partial charge in [-0.15, -0.1) is 0 Å². The second kappa shape index (κ2) is 4.02. The van der Waals surface area contributed by atoms with E-state index in [1.165, 1.54) is 11.3 Å². The lowest BCUT2D eigenvalue weighted by molar-refractivity contribution is -0.120. The molecule has 0 aromatic heterocycles. The van der Waals surface area contributed by atoms with Crippen LogP contribution in [0.4, 0.5) is 5.69 Å². The first-order chi connectivity index (χ1) is 8.15. The number of piperidine rings is 1. The standard InChI is InChI=1S/C14H16ClNO/c1-9-2-3-10(15)6-14(9)16-11-4-5-12(16)8-13(17)7-11/h2-3,6,11-12H,4-5,7-8H2,1H3. The van der Waals surface area contributed by atoms with E-state index in [1.807, 2.05) is 12.1 Å². The molecule has 2 unspecified atom stereocenters. The third-order valence-corrected chi connectivity index (χ3v) is 4.23. The lowest BCUT2D eigenvalue weighted by Crippen LogP contribution is -2.43. The molecule has 2 aliphatic rings. The van der Waals surface area contributed by atoms with E-state index in [4.69, 9.17) is 11.6 Å². The molecule has 0 radical (unpaired) electrons. The lowest BCUT2D eigenvalue weighted by atomic mass is 9.99. The smallest absolute Gasteiger partial charge is 0.137 e. The van der Waals surface area contributed by atoms with Crippen molar-refractivity contribution in [3.8, 4) is 0 Å². The molecule has 0 N–H and O–H groups in total. The first-order valence-electron chi connectivity index (χ1n) is 6.21. The van der Waals surface area contributed by atoms with Crippen LogP contribution in [0.25, 0.3) is 0 Å². The third-order valence-electron chi connectivity index (χ3n) is 4.00. The summed E-state index contributed by atoms with van der Waals surface area (Å²) in [4.78, 5) is 14.0. The van der Waals surface area contributed by atoms with Gasteiger partial charge in [0.2, 0.25) is 0 Å². The van der Waals surface area contributed by atoms with E-state index >= 15 is 0 Å². The number of halogens is 1. The molecule has 1 aromatic rings. The van der Waals surface area contributed by atoms with Crippen LogP contribution in [0.1, 0.15) is 31.2 Å². The highest BCUT2D eigenvalue weighted by atomic mass is 35.5. The molecule has 2 fully saturated rings. The van der Waals surface area contributed by atoms with Gasteiger partial charge in [0, 0.05) is 35.6 Å². The average molecular weight is 250 g/mol. The number of anilines is 1. The van der Waals surface area contributed by atoms with Crippen molar-refractivity contribution in [2.24, 2.45) is 0 Å². The Hall–Kier alpha value is -1.02. The number of nitrogens with zero attached hydrogens (tertiary/aromatic N) is 1. The zero-order valence-corrected chi connectivity index (χ0v) is 10.7. The predicted molar refractivity (Wildman–Crippen MR) is 69.7 cm³/mol. The van der Waals surface area contributed by atoms with Crippen molar-refractivity contribution in [1.29, 1.82) is 0 Å². The first-order valence-corrected chi connectivity index (χ1v) is 6.59. The van der Waals surface area contributed by atoms with E-state index in [1.54, 1.807) is 0 Å². The lowest BCUT2D eigenvalue weighted by Gasteiger charge is -2.37. The Kier molecular flexibility index (Phi) is 2.62. The molecule has 0 saturated carbocycles. The highest BCUT2D eigenvalue weighted by molar-refractivity contribution is 6.30. The van der Waals surface area contributed by atoms with E-state index < -0.39 is 0 Å². The second-order valence-corrected chi connectivity index (χ2v) is 5.61. The Morgan fingerprint density at radius 3 is 2.53 bits per heavy atom. The summed E-state index contributed by atoms with van der Waals surface area (Å²) in [5, 5.41) is 0.780. The highest BCUT2D eigenvalue weighted by Crippen LogP contribution is 2.39. The van der Waals surface area contributed by atoms with E-state index in [-0.39, 0.29) is 0 Å². The van der Waals surface area contributed by atoms with Gasteiger partial charge in [-0.05, 0) is 37.5 Å². The SMILES string of the molecule is Cc1ccc(Cl)cc1N1C2CCC1CC(=O)C2. The minimum Gasteiger partial charge on any atom is -0.364 e. The Morgan fingerprint density at radius 2 is 1.88 bits per heavy atom. The van der Waals surface area contributed by atoms with Gasteiger partial charge in [-0.25, -0.2) is 0 Å². The number of benzene rings is 1. The molecule has 3 heteroatoms. The molecular formula is C14H16ClNO. The van der Waals surface area contributed by atoms with Gasteiger partial charge in [0.1, 0.15) is 5.78 Å². The summed E-state index contributed by atoms with van der Waals surface area (Å²) in [7, 11) is 0. The van der Waals surface area contributed by atoms with Crippen molar-refractivity contribution in [3.63, 3.8) is 0 Å². The quantitative estimate of drug-likeness (QED) is 0.761. The van der Waals surface area contributed by atoms with Crippen molar-refractivity contribution in [2.75, 3.05) is 4.90 Å². The van der Waals surface area contributed by atoms with Gasteiger partial charge in [0.05, 0.1) is 0 Å². The maximum Gasteiger partial charge on any atom is 0.137 e. The van der Waals surface area contributed by atoms with Crippen LogP contribution in [-0.2, 0) is 4.79 Å². The third kappa shape index (κ3) is 1.85. The number of carbonyl (C=O) groups excluding carboxylic acids is 1. The van der Waals surface area contributed by atoms with E-state index in [0.717, 1.165) is 17.9 Å². The molecule has 3 rings (SSSR count). The maximum atomic E-state index is 11.6. The number of ketones is 1. The van der Waals surface area contributed by atoms with Gasteiger partial charge < -0.3 is 4.90 Å². The van der Waals surface area contributed by atoms with E-state index in [2.05, 4.69) is 17.9 Å². The monoisotopic (exact) mass is 249 g/mol. The van der Waals surface area contributed by atoms with E-state index in [9.17, 15) is 4.79 Å². The molecule has 2 bridgehead atoms. The van der Waals surface area contributed by atoms with Gasteiger partial charge >= 0.3 is 0 Å². The largest absolute Gasteiger partial charge is 0.364 e. The van der Waals surface area contributed by atoms with Gasteiger partial charge in [-0.2, -0.15) is 0 Å². The number of hydrogen-bond donors (Lipinski definition) is 0. The number of rotatable bonds is 1. The minimum atomic E-state index is 0.401. The highest BCUT2D eigenvalue weighted by Gasteiger charge is 2.40. The zero-order valence-electron chi connectivity index (χ0n) is 9.95. The van der Waals surface area contributed by atoms with Crippen LogP contribution in [0.15, 0.2) is 18.2 Å². The second-order valence-electron chi connectivity index (χ2n) is 5.17. The van der Waals surface area contributed by atoms with Crippen molar-refractivity contribution in [2.45, 2.75) is 44.7 Å². The number of carbonyl (C=O) groups is 1. The van der Waals surface area contributed by atoms with Crippen LogP contribution >= 0.6 is 11.6 Å². The normalized spacial score (nSPS) is 27.6. The van der Waals surface area contributed by atoms with Crippen molar-refractivity contribution < 1.29 is 4.79 Å². The Bertz CT molecular complexity index is 455. The first kappa shape index (κ1) is 11.1.